The lowest BCUT2D eigenvalue weighted by atomic mass is 10.2. The second kappa shape index (κ2) is 5.85. The zero-order chi connectivity index (χ0) is 13.0. The minimum absolute atomic E-state index is 0.0575. The molecule has 6 heteroatoms. The molecule has 1 atom stereocenters. The number of nitrogens with zero attached hydrogens (tertiary/aromatic N) is 2. The topological polar surface area (TPSA) is 64.7 Å². The highest BCUT2D eigenvalue weighted by molar-refractivity contribution is 5.86. The number of hydrogen-bond donors (Lipinski definition) is 2. The molecule has 2 heterocycles. The minimum atomic E-state index is -0.290. The number of amides is 2. The summed E-state index contributed by atoms with van der Waals surface area (Å²) in [6.07, 6.45) is 5.26. The van der Waals surface area contributed by atoms with Gasteiger partial charge in [0.2, 0.25) is 11.8 Å². The van der Waals surface area contributed by atoms with Gasteiger partial charge in [0.25, 0.3) is 0 Å². The van der Waals surface area contributed by atoms with Crippen LogP contribution in [0.4, 0.5) is 0 Å². The van der Waals surface area contributed by atoms with Crippen LogP contribution in [-0.2, 0) is 9.59 Å². The van der Waals surface area contributed by atoms with E-state index in [4.69, 9.17) is 6.42 Å². The molecule has 2 saturated heterocycles. The minimum Gasteiger partial charge on any atom is -0.353 e. The van der Waals surface area contributed by atoms with Gasteiger partial charge >= 0.3 is 0 Å². The summed E-state index contributed by atoms with van der Waals surface area (Å²) in [7, 11) is 0. The average molecular weight is 250 g/mol. The maximum Gasteiger partial charge on any atom is 0.241 e. The first-order valence-corrected chi connectivity index (χ1v) is 6.15. The summed E-state index contributed by atoms with van der Waals surface area (Å²) in [6.45, 7) is 4.26. The van der Waals surface area contributed by atoms with E-state index in [0.29, 0.717) is 26.2 Å². The standard InChI is InChI=1S/C12H18N4O2/c1-2-3-15-4-6-16(7-5-15)12(18)10-8-14-11(17)9-13-10/h1,10,13H,3-9H2,(H,14,17). The molecule has 2 rings (SSSR count). The van der Waals surface area contributed by atoms with Crippen LogP contribution in [0.15, 0.2) is 0 Å². The highest BCUT2D eigenvalue weighted by atomic mass is 16.2. The molecule has 2 amide bonds. The van der Waals surface area contributed by atoms with Gasteiger partial charge in [-0.2, -0.15) is 0 Å². The maximum absolute atomic E-state index is 12.2. The normalized spacial score (nSPS) is 25.4. The summed E-state index contributed by atoms with van der Waals surface area (Å²) in [6, 6.07) is -0.290. The lowest BCUT2D eigenvalue weighted by Gasteiger charge is -2.36. The van der Waals surface area contributed by atoms with Gasteiger partial charge in [0.15, 0.2) is 0 Å². The first-order valence-electron chi connectivity index (χ1n) is 6.15. The van der Waals surface area contributed by atoms with Crippen molar-refractivity contribution < 1.29 is 9.59 Å². The molecular weight excluding hydrogens is 232 g/mol. The zero-order valence-corrected chi connectivity index (χ0v) is 10.3. The van der Waals surface area contributed by atoms with Crippen molar-refractivity contribution in [3.05, 3.63) is 0 Å². The SMILES string of the molecule is C#CCN1CCN(C(=O)C2CNC(=O)CN2)CC1. The van der Waals surface area contributed by atoms with Crippen molar-refractivity contribution in [1.82, 2.24) is 20.4 Å². The highest BCUT2D eigenvalue weighted by Crippen LogP contribution is 2.04. The Kier molecular flexibility index (Phi) is 4.18. The molecule has 1 unspecified atom stereocenters. The van der Waals surface area contributed by atoms with E-state index in [-0.39, 0.29) is 24.4 Å². The molecule has 0 aromatic rings. The Morgan fingerprint density at radius 1 is 1.39 bits per heavy atom. The van der Waals surface area contributed by atoms with Gasteiger partial charge < -0.3 is 10.2 Å². The van der Waals surface area contributed by atoms with Crippen molar-refractivity contribution in [3.8, 4) is 12.3 Å². The molecule has 2 aliphatic rings. The third-order valence-electron chi connectivity index (χ3n) is 3.31. The molecule has 18 heavy (non-hydrogen) atoms. The lowest BCUT2D eigenvalue weighted by Crippen LogP contribution is -2.61. The van der Waals surface area contributed by atoms with Crippen molar-refractivity contribution >= 4 is 11.8 Å². The van der Waals surface area contributed by atoms with E-state index in [1.807, 2.05) is 4.90 Å². The fraction of sp³-hybridized carbons (Fsp3) is 0.667. The van der Waals surface area contributed by atoms with E-state index in [1.165, 1.54) is 0 Å². The van der Waals surface area contributed by atoms with Crippen LogP contribution in [0.3, 0.4) is 0 Å². The molecule has 0 spiro atoms. The Morgan fingerprint density at radius 3 is 2.67 bits per heavy atom. The number of hydrogen-bond acceptors (Lipinski definition) is 4. The van der Waals surface area contributed by atoms with E-state index in [0.717, 1.165) is 13.1 Å². The molecular formula is C12H18N4O2. The van der Waals surface area contributed by atoms with Gasteiger partial charge in [0.05, 0.1) is 13.1 Å². The molecule has 0 aliphatic carbocycles. The van der Waals surface area contributed by atoms with Crippen LogP contribution < -0.4 is 10.6 Å². The van der Waals surface area contributed by atoms with Crippen LogP contribution in [0.5, 0.6) is 0 Å². The molecule has 0 bridgehead atoms. The number of rotatable bonds is 2. The smallest absolute Gasteiger partial charge is 0.241 e. The van der Waals surface area contributed by atoms with E-state index in [9.17, 15) is 9.59 Å². The summed E-state index contributed by atoms with van der Waals surface area (Å²) in [5.74, 6) is 2.62. The van der Waals surface area contributed by atoms with Gasteiger partial charge in [-0.15, -0.1) is 6.42 Å². The quantitative estimate of drug-likeness (QED) is 0.549. The van der Waals surface area contributed by atoms with Gasteiger partial charge in [-0.1, -0.05) is 5.92 Å². The van der Waals surface area contributed by atoms with Crippen LogP contribution in [0.1, 0.15) is 0 Å². The summed E-state index contributed by atoms with van der Waals surface area (Å²) < 4.78 is 0. The summed E-state index contributed by atoms with van der Waals surface area (Å²) in [5, 5.41) is 5.65. The lowest BCUT2D eigenvalue weighted by molar-refractivity contribution is -0.136. The van der Waals surface area contributed by atoms with E-state index in [2.05, 4.69) is 21.5 Å². The number of nitrogens with one attached hydrogen (secondary N) is 2. The van der Waals surface area contributed by atoms with Crippen LogP contribution in [0, 0.1) is 12.3 Å². The predicted molar refractivity (Wildman–Crippen MR) is 66.7 cm³/mol. The van der Waals surface area contributed by atoms with E-state index >= 15 is 0 Å². The first kappa shape index (κ1) is 12.9. The number of carbonyl (C=O) groups is 2. The Balaban J connectivity index is 1.80. The molecule has 0 aromatic heterocycles. The van der Waals surface area contributed by atoms with E-state index < -0.39 is 0 Å². The molecule has 2 aliphatic heterocycles. The second-order valence-electron chi connectivity index (χ2n) is 4.54. The van der Waals surface area contributed by atoms with Crippen molar-refractivity contribution in [2.45, 2.75) is 6.04 Å². The van der Waals surface area contributed by atoms with Crippen LogP contribution in [-0.4, -0.2) is 73.5 Å². The van der Waals surface area contributed by atoms with E-state index in [1.54, 1.807) is 0 Å². The van der Waals surface area contributed by atoms with Crippen molar-refractivity contribution in [1.29, 1.82) is 0 Å². The summed E-state index contributed by atoms with van der Waals surface area (Å²) in [5.41, 5.74) is 0. The molecule has 6 nitrogen and oxygen atoms in total. The van der Waals surface area contributed by atoms with Crippen LogP contribution >= 0.6 is 0 Å². The fourth-order valence-corrected chi connectivity index (χ4v) is 2.22. The van der Waals surface area contributed by atoms with Crippen molar-refractivity contribution in [3.63, 3.8) is 0 Å². The average Bonchev–Trinajstić information content (AvgIpc) is 2.40. The maximum atomic E-state index is 12.2. The fourth-order valence-electron chi connectivity index (χ4n) is 2.22. The molecule has 0 aromatic carbocycles. The monoisotopic (exact) mass is 250 g/mol. The molecule has 2 N–H and O–H groups in total. The molecule has 2 fully saturated rings. The number of carbonyl (C=O) groups excluding carboxylic acids is 2. The summed E-state index contributed by atoms with van der Waals surface area (Å²) in [4.78, 5) is 27.2. The Bertz CT molecular complexity index is 359. The molecule has 0 saturated carbocycles. The molecule has 0 radical (unpaired) electrons. The van der Waals surface area contributed by atoms with Crippen LogP contribution in [0.2, 0.25) is 0 Å². The zero-order valence-electron chi connectivity index (χ0n) is 10.3. The van der Waals surface area contributed by atoms with Gasteiger partial charge in [-0.25, -0.2) is 0 Å². The number of piperazine rings is 2. The summed E-state index contributed by atoms with van der Waals surface area (Å²) >= 11 is 0. The third-order valence-corrected chi connectivity index (χ3v) is 3.31. The van der Waals surface area contributed by atoms with Crippen LogP contribution in [0.25, 0.3) is 0 Å². The van der Waals surface area contributed by atoms with Gasteiger partial charge in [0, 0.05) is 32.7 Å². The van der Waals surface area contributed by atoms with Crippen molar-refractivity contribution in [2.75, 3.05) is 45.8 Å². The first-order chi connectivity index (χ1) is 8.70. The number of terminal acetylenes is 1. The van der Waals surface area contributed by atoms with Crippen molar-refractivity contribution in [2.24, 2.45) is 0 Å². The van der Waals surface area contributed by atoms with Gasteiger partial charge in [-0.05, 0) is 0 Å². The Labute approximate surface area is 107 Å². The third kappa shape index (κ3) is 3.00. The highest BCUT2D eigenvalue weighted by Gasteiger charge is 2.29. The largest absolute Gasteiger partial charge is 0.353 e. The Morgan fingerprint density at radius 2 is 2.11 bits per heavy atom. The van der Waals surface area contributed by atoms with Gasteiger partial charge in [0.1, 0.15) is 6.04 Å². The Hall–Kier alpha value is -1.58. The predicted octanol–water partition coefficient (Wildman–Crippen LogP) is -2.15. The van der Waals surface area contributed by atoms with Gasteiger partial charge in [-0.3, -0.25) is 19.8 Å². The second-order valence-corrected chi connectivity index (χ2v) is 4.54. The molecule has 98 valence electrons.